The molecule has 19 heavy (non-hydrogen) atoms. The van der Waals surface area contributed by atoms with E-state index in [0.717, 1.165) is 37.2 Å². The molecule has 1 heterocycles. The molecular formula is C16H24N2O. The third-order valence-electron chi connectivity index (χ3n) is 4.21. The summed E-state index contributed by atoms with van der Waals surface area (Å²) in [6, 6.07) is 7.64. The summed E-state index contributed by atoms with van der Waals surface area (Å²) >= 11 is 0. The summed E-state index contributed by atoms with van der Waals surface area (Å²) in [5.74, 6) is 0.116. The van der Waals surface area contributed by atoms with Crippen molar-refractivity contribution in [1.29, 1.82) is 0 Å². The molecule has 1 aromatic rings. The van der Waals surface area contributed by atoms with Crippen molar-refractivity contribution in [3.05, 3.63) is 29.8 Å². The molecule has 3 heteroatoms. The Bertz CT molecular complexity index is 458. The quantitative estimate of drug-likeness (QED) is 0.831. The second kappa shape index (κ2) is 5.24. The van der Waals surface area contributed by atoms with Crippen LogP contribution < -0.4 is 5.73 Å². The number of anilines is 1. The molecule has 1 aromatic carbocycles. The molecule has 1 amide bonds. The van der Waals surface area contributed by atoms with Crippen LogP contribution in [0.5, 0.6) is 0 Å². The lowest BCUT2D eigenvalue weighted by Crippen LogP contribution is -2.42. The normalized spacial score (nSPS) is 20.1. The first kappa shape index (κ1) is 13.9. The number of amides is 1. The van der Waals surface area contributed by atoms with Crippen molar-refractivity contribution in [3.8, 4) is 0 Å². The van der Waals surface area contributed by atoms with Gasteiger partial charge in [-0.25, -0.2) is 0 Å². The standard InChI is InChI=1S/C16H24N2O/c1-12(13-5-4-6-14(17)11-13)15(19)18-9-7-16(2,3)8-10-18/h4-6,11-12H,7-10,17H2,1-3H3. The van der Waals surface area contributed by atoms with E-state index in [1.807, 2.05) is 36.1 Å². The van der Waals surface area contributed by atoms with Gasteiger partial charge in [-0.3, -0.25) is 4.79 Å². The lowest BCUT2D eigenvalue weighted by molar-refractivity contribution is -0.134. The predicted octanol–water partition coefficient (Wildman–Crippen LogP) is 3.02. The maximum atomic E-state index is 12.5. The number of carbonyl (C=O) groups excluding carboxylic acids is 1. The molecule has 104 valence electrons. The van der Waals surface area contributed by atoms with Gasteiger partial charge in [0.15, 0.2) is 0 Å². The Morgan fingerprint density at radius 2 is 1.95 bits per heavy atom. The zero-order valence-corrected chi connectivity index (χ0v) is 12.1. The number of hydrogen-bond donors (Lipinski definition) is 1. The largest absolute Gasteiger partial charge is 0.399 e. The average Bonchev–Trinajstić information content (AvgIpc) is 2.37. The number of hydrogen-bond acceptors (Lipinski definition) is 2. The van der Waals surface area contributed by atoms with E-state index in [2.05, 4.69) is 13.8 Å². The maximum Gasteiger partial charge on any atom is 0.229 e. The molecule has 0 aliphatic carbocycles. The molecule has 2 N–H and O–H groups in total. The molecule has 1 aliphatic rings. The SMILES string of the molecule is CC(C(=O)N1CCC(C)(C)CC1)c1cccc(N)c1. The van der Waals surface area contributed by atoms with Gasteiger partial charge in [-0.2, -0.15) is 0 Å². The van der Waals surface area contributed by atoms with Gasteiger partial charge >= 0.3 is 0 Å². The summed E-state index contributed by atoms with van der Waals surface area (Å²) in [5.41, 5.74) is 7.89. The molecular weight excluding hydrogens is 236 g/mol. The summed E-state index contributed by atoms with van der Waals surface area (Å²) in [7, 11) is 0. The van der Waals surface area contributed by atoms with E-state index >= 15 is 0 Å². The van der Waals surface area contributed by atoms with Gasteiger partial charge in [0.1, 0.15) is 0 Å². The lowest BCUT2D eigenvalue weighted by Gasteiger charge is -2.38. The maximum absolute atomic E-state index is 12.5. The Morgan fingerprint density at radius 3 is 2.53 bits per heavy atom. The summed E-state index contributed by atoms with van der Waals surface area (Å²) in [5, 5.41) is 0. The van der Waals surface area contributed by atoms with Gasteiger partial charge < -0.3 is 10.6 Å². The van der Waals surface area contributed by atoms with Gasteiger partial charge in [-0.05, 0) is 42.9 Å². The molecule has 0 radical (unpaired) electrons. The Hall–Kier alpha value is -1.51. The number of nitrogens with two attached hydrogens (primary N) is 1. The van der Waals surface area contributed by atoms with Crippen molar-refractivity contribution < 1.29 is 4.79 Å². The molecule has 1 fully saturated rings. The molecule has 0 spiro atoms. The summed E-state index contributed by atoms with van der Waals surface area (Å²) in [6.07, 6.45) is 2.17. The van der Waals surface area contributed by atoms with Crippen LogP contribution in [-0.4, -0.2) is 23.9 Å². The van der Waals surface area contributed by atoms with Crippen LogP contribution in [0.2, 0.25) is 0 Å². The third kappa shape index (κ3) is 3.28. The van der Waals surface area contributed by atoms with Crippen LogP contribution in [0.4, 0.5) is 5.69 Å². The molecule has 1 unspecified atom stereocenters. The van der Waals surface area contributed by atoms with Gasteiger partial charge in [-0.1, -0.05) is 26.0 Å². The highest BCUT2D eigenvalue weighted by atomic mass is 16.2. The second-order valence-electron chi connectivity index (χ2n) is 6.38. The highest BCUT2D eigenvalue weighted by Crippen LogP contribution is 2.31. The molecule has 0 aromatic heterocycles. The smallest absolute Gasteiger partial charge is 0.229 e. The topological polar surface area (TPSA) is 46.3 Å². The molecule has 1 atom stereocenters. The van der Waals surface area contributed by atoms with E-state index < -0.39 is 0 Å². The van der Waals surface area contributed by atoms with Crippen molar-refractivity contribution in [1.82, 2.24) is 4.90 Å². The van der Waals surface area contributed by atoms with Crippen molar-refractivity contribution >= 4 is 11.6 Å². The number of nitrogen functional groups attached to an aromatic ring is 1. The van der Waals surface area contributed by atoms with Crippen LogP contribution in [0.25, 0.3) is 0 Å². The minimum atomic E-state index is -0.107. The van der Waals surface area contributed by atoms with Gasteiger partial charge in [0.2, 0.25) is 5.91 Å². The minimum absolute atomic E-state index is 0.107. The monoisotopic (exact) mass is 260 g/mol. The van der Waals surface area contributed by atoms with E-state index in [-0.39, 0.29) is 11.8 Å². The fourth-order valence-corrected chi connectivity index (χ4v) is 2.58. The Balaban J connectivity index is 2.04. The first-order valence-corrected chi connectivity index (χ1v) is 7.03. The predicted molar refractivity (Wildman–Crippen MR) is 78.9 cm³/mol. The van der Waals surface area contributed by atoms with Crippen molar-refractivity contribution in [2.24, 2.45) is 5.41 Å². The third-order valence-corrected chi connectivity index (χ3v) is 4.21. The zero-order chi connectivity index (χ0) is 14.0. The van der Waals surface area contributed by atoms with Crippen LogP contribution in [0.3, 0.4) is 0 Å². The number of piperidine rings is 1. The number of benzene rings is 1. The summed E-state index contributed by atoms with van der Waals surface area (Å²) in [4.78, 5) is 14.5. The Kier molecular flexibility index (Phi) is 3.83. The van der Waals surface area contributed by atoms with Crippen molar-refractivity contribution in [3.63, 3.8) is 0 Å². The molecule has 0 bridgehead atoms. The highest BCUT2D eigenvalue weighted by molar-refractivity contribution is 5.83. The second-order valence-corrected chi connectivity index (χ2v) is 6.38. The average molecular weight is 260 g/mol. The fourth-order valence-electron chi connectivity index (χ4n) is 2.58. The van der Waals surface area contributed by atoms with Crippen molar-refractivity contribution in [2.45, 2.75) is 39.5 Å². The molecule has 1 aliphatic heterocycles. The van der Waals surface area contributed by atoms with Gasteiger partial charge in [0.05, 0.1) is 5.92 Å². The molecule has 3 nitrogen and oxygen atoms in total. The van der Waals surface area contributed by atoms with Crippen LogP contribution >= 0.6 is 0 Å². The lowest BCUT2D eigenvalue weighted by atomic mass is 9.82. The zero-order valence-electron chi connectivity index (χ0n) is 12.1. The van der Waals surface area contributed by atoms with Gasteiger partial charge in [-0.15, -0.1) is 0 Å². The van der Waals surface area contributed by atoms with E-state index in [9.17, 15) is 4.79 Å². The molecule has 1 saturated heterocycles. The van der Waals surface area contributed by atoms with Crippen LogP contribution in [0, 0.1) is 5.41 Å². The minimum Gasteiger partial charge on any atom is -0.399 e. The van der Waals surface area contributed by atoms with E-state index in [0.29, 0.717) is 5.41 Å². The number of carbonyl (C=O) groups is 1. The van der Waals surface area contributed by atoms with E-state index in [1.165, 1.54) is 0 Å². The van der Waals surface area contributed by atoms with Crippen LogP contribution in [-0.2, 0) is 4.79 Å². The summed E-state index contributed by atoms with van der Waals surface area (Å²) < 4.78 is 0. The van der Waals surface area contributed by atoms with Crippen LogP contribution in [0.15, 0.2) is 24.3 Å². The highest BCUT2D eigenvalue weighted by Gasteiger charge is 2.30. The molecule has 2 rings (SSSR count). The first-order chi connectivity index (χ1) is 8.89. The summed E-state index contributed by atoms with van der Waals surface area (Å²) in [6.45, 7) is 8.26. The van der Waals surface area contributed by atoms with Crippen LogP contribution in [0.1, 0.15) is 45.1 Å². The van der Waals surface area contributed by atoms with E-state index in [4.69, 9.17) is 5.73 Å². The Morgan fingerprint density at radius 1 is 1.32 bits per heavy atom. The number of nitrogens with zero attached hydrogens (tertiary/aromatic N) is 1. The van der Waals surface area contributed by atoms with Gasteiger partial charge in [0.25, 0.3) is 0 Å². The molecule has 0 saturated carbocycles. The Labute approximate surface area is 115 Å². The fraction of sp³-hybridized carbons (Fsp3) is 0.562. The van der Waals surface area contributed by atoms with Gasteiger partial charge in [0, 0.05) is 18.8 Å². The first-order valence-electron chi connectivity index (χ1n) is 7.03. The van der Waals surface area contributed by atoms with Crippen molar-refractivity contribution in [2.75, 3.05) is 18.8 Å². The van der Waals surface area contributed by atoms with E-state index in [1.54, 1.807) is 0 Å². The number of rotatable bonds is 2. The number of likely N-dealkylation sites (tertiary alicyclic amines) is 1.